The molecule has 3 heterocycles. The second kappa shape index (κ2) is 26.2. The van der Waals surface area contributed by atoms with Crippen molar-refractivity contribution in [3.05, 3.63) is 47.6 Å². The molecular formula is C53H79NO13. The molecule has 4 aliphatic rings. The van der Waals surface area contributed by atoms with Crippen LogP contribution in [0.25, 0.3) is 0 Å². The van der Waals surface area contributed by atoms with Crippen LogP contribution in [0.1, 0.15) is 126 Å². The van der Waals surface area contributed by atoms with Crippen LogP contribution in [0.4, 0.5) is 0 Å². The van der Waals surface area contributed by atoms with Gasteiger partial charge in [0.25, 0.3) is 11.7 Å². The van der Waals surface area contributed by atoms with Gasteiger partial charge in [-0.3, -0.25) is 19.2 Å². The van der Waals surface area contributed by atoms with Crippen molar-refractivity contribution < 1.29 is 63.0 Å². The van der Waals surface area contributed by atoms with Crippen molar-refractivity contribution in [2.45, 2.75) is 180 Å². The van der Waals surface area contributed by atoms with E-state index in [9.17, 15) is 39.3 Å². The van der Waals surface area contributed by atoms with Crippen LogP contribution in [0, 0.1) is 47.9 Å². The van der Waals surface area contributed by atoms with Crippen molar-refractivity contribution in [2.75, 3.05) is 27.4 Å². The maximum absolute atomic E-state index is 14.4. The lowest BCUT2D eigenvalue weighted by Crippen LogP contribution is -2.61. The molecule has 0 aromatic carbocycles. The van der Waals surface area contributed by atoms with E-state index in [1.165, 1.54) is 12.0 Å². The van der Waals surface area contributed by atoms with E-state index in [1.54, 1.807) is 40.9 Å². The van der Waals surface area contributed by atoms with E-state index in [-0.39, 0.29) is 67.8 Å². The number of amides is 1. The van der Waals surface area contributed by atoms with Crippen LogP contribution in [-0.2, 0) is 47.7 Å². The number of ketones is 3. The lowest BCUT2D eigenvalue weighted by Gasteiger charge is -2.42. The molecule has 1 saturated carbocycles. The molecule has 0 radical (unpaired) electrons. The highest BCUT2D eigenvalue weighted by Crippen LogP contribution is 2.38. The van der Waals surface area contributed by atoms with Gasteiger partial charge in [0.05, 0.1) is 24.4 Å². The Morgan fingerprint density at radius 3 is 2.33 bits per heavy atom. The lowest BCUT2D eigenvalue weighted by atomic mass is 9.78. The standard InChI is InChI=1S/C53H79NO13/c1-11-25-65-44-30-40-22-20-38(8)53(62,67-40)50(59)51(60)54-24-16-15-19-41(54)52(61)66-45(35(5)28-39-21-23-42(55)46(29-39)63-9)31-43(56)34(4)27-37(7)48(58)49(64-10)47(57)36(6)26-32(2)17-13-12-14-18-33(44)3/h1,12-14,17-18,27,32,34-36,38-42,44-46,48-49,55,58,62H,15-16,19-26,28-31H2,2-10H3/b14-12+,17-13+,33-18+,37-27+/t32-,34-,35-,36-,38-,39+,40+,41+,42-,44?,45+,46-,48-,49+,53-/m1/s1. The van der Waals surface area contributed by atoms with E-state index in [0.717, 1.165) is 5.57 Å². The summed E-state index contributed by atoms with van der Waals surface area (Å²) in [6.07, 6.45) is 16.1. The summed E-state index contributed by atoms with van der Waals surface area (Å²) in [6.45, 7) is 12.6. The third kappa shape index (κ3) is 15.1. The van der Waals surface area contributed by atoms with Gasteiger partial charge < -0.3 is 43.9 Å². The predicted molar refractivity (Wildman–Crippen MR) is 253 cm³/mol. The summed E-state index contributed by atoms with van der Waals surface area (Å²) in [7, 11) is 2.93. The minimum absolute atomic E-state index is 0.00385. The van der Waals surface area contributed by atoms with Crippen molar-refractivity contribution in [3.63, 3.8) is 0 Å². The predicted octanol–water partition coefficient (Wildman–Crippen LogP) is 6.18. The van der Waals surface area contributed by atoms with Crippen LogP contribution < -0.4 is 0 Å². The van der Waals surface area contributed by atoms with Crippen LogP contribution in [0.2, 0.25) is 0 Å². The van der Waals surface area contributed by atoms with Gasteiger partial charge in [0.1, 0.15) is 36.7 Å². The quantitative estimate of drug-likeness (QED) is 0.113. The number of allylic oxidation sites excluding steroid dienone is 6. The largest absolute Gasteiger partial charge is 0.460 e. The molecule has 374 valence electrons. The monoisotopic (exact) mass is 938 g/mol. The number of piperidine rings is 1. The molecule has 1 amide bonds. The number of methoxy groups -OCH3 is 2. The van der Waals surface area contributed by atoms with E-state index < -0.39 is 83.9 Å². The van der Waals surface area contributed by atoms with Crippen LogP contribution in [0.5, 0.6) is 0 Å². The summed E-state index contributed by atoms with van der Waals surface area (Å²) >= 11 is 0. The second-order valence-corrected chi connectivity index (χ2v) is 19.9. The molecule has 14 nitrogen and oxygen atoms in total. The molecule has 2 bridgehead atoms. The molecule has 67 heavy (non-hydrogen) atoms. The maximum Gasteiger partial charge on any atom is 0.329 e. The summed E-state index contributed by atoms with van der Waals surface area (Å²) in [4.78, 5) is 72.0. The number of carbonyl (C=O) groups is 5. The summed E-state index contributed by atoms with van der Waals surface area (Å²) in [5.41, 5.74) is 1.19. The Hall–Kier alpha value is -3.81. The van der Waals surface area contributed by atoms with Crippen LogP contribution in [-0.4, -0.2) is 131 Å². The van der Waals surface area contributed by atoms with Gasteiger partial charge in [-0.05, 0) is 107 Å². The number of rotatable bonds is 7. The number of hydrogen-bond acceptors (Lipinski definition) is 13. The Bertz CT molecular complexity index is 1860. The summed E-state index contributed by atoms with van der Waals surface area (Å²) in [6, 6.07) is -1.16. The van der Waals surface area contributed by atoms with E-state index >= 15 is 0 Å². The number of ether oxygens (including phenoxy) is 5. The highest BCUT2D eigenvalue weighted by molar-refractivity contribution is 6.39. The Balaban J connectivity index is 1.72. The zero-order chi connectivity index (χ0) is 49.6. The molecule has 3 N–H and O–H groups in total. The minimum Gasteiger partial charge on any atom is -0.460 e. The Labute approximate surface area is 398 Å². The second-order valence-electron chi connectivity index (χ2n) is 19.9. The summed E-state index contributed by atoms with van der Waals surface area (Å²) < 4.78 is 29.6. The first-order valence-electron chi connectivity index (χ1n) is 24.4. The number of carbonyl (C=O) groups excluding carboxylic acids is 5. The summed E-state index contributed by atoms with van der Waals surface area (Å²) in [5, 5.41) is 33.9. The smallest absolute Gasteiger partial charge is 0.329 e. The van der Waals surface area contributed by atoms with E-state index in [4.69, 9.17) is 30.1 Å². The van der Waals surface area contributed by atoms with Gasteiger partial charge in [-0.1, -0.05) is 77.0 Å². The zero-order valence-corrected chi connectivity index (χ0v) is 41.4. The molecule has 1 unspecified atom stereocenters. The van der Waals surface area contributed by atoms with Crippen molar-refractivity contribution in [3.8, 4) is 12.3 Å². The number of fused-ring (bicyclic) bond motifs is 3. The average molecular weight is 938 g/mol. The molecule has 1 aliphatic carbocycles. The van der Waals surface area contributed by atoms with Crippen molar-refractivity contribution in [1.29, 1.82) is 0 Å². The fourth-order valence-corrected chi connectivity index (χ4v) is 10.2. The van der Waals surface area contributed by atoms with E-state index in [0.29, 0.717) is 63.4 Å². The van der Waals surface area contributed by atoms with Gasteiger partial charge in [-0.2, -0.15) is 0 Å². The number of esters is 1. The number of hydrogen-bond donors (Lipinski definition) is 3. The van der Waals surface area contributed by atoms with Gasteiger partial charge in [0.15, 0.2) is 5.78 Å². The normalized spacial score (nSPS) is 39.4. The number of Topliss-reactive ketones (excluding diaryl/α,β-unsaturated/α-hetero) is 3. The maximum atomic E-state index is 14.4. The minimum atomic E-state index is -2.47. The Morgan fingerprint density at radius 1 is 0.910 bits per heavy atom. The third-order valence-electron chi connectivity index (χ3n) is 14.6. The fraction of sp³-hybridized carbons (Fsp3) is 0.717. The topological polar surface area (TPSA) is 195 Å². The van der Waals surface area contributed by atoms with Gasteiger partial charge in [0, 0.05) is 51.4 Å². The van der Waals surface area contributed by atoms with Crippen LogP contribution in [0.15, 0.2) is 47.6 Å². The highest BCUT2D eigenvalue weighted by Gasteiger charge is 2.53. The number of aliphatic hydroxyl groups excluding tert-OH is 2. The Kier molecular flexibility index (Phi) is 21.9. The molecule has 0 spiro atoms. The zero-order valence-electron chi connectivity index (χ0n) is 41.4. The summed E-state index contributed by atoms with van der Waals surface area (Å²) in [5.74, 6) is -5.69. The van der Waals surface area contributed by atoms with Gasteiger partial charge >= 0.3 is 5.97 Å². The molecule has 2 saturated heterocycles. The first kappa shape index (κ1) is 55.8. The highest BCUT2D eigenvalue weighted by atomic mass is 16.6. The van der Waals surface area contributed by atoms with Crippen LogP contribution in [0.3, 0.4) is 0 Å². The van der Waals surface area contributed by atoms with Gasteiger partial charge in [-0.25, -0.2) is 4.79 Å². The lowest BCUT2D eigenvalue weighted by molar-refractivity contribution is -0.265. The first-order valence-corrected chi connectivity index (χ1v) is 24.4. The SMILES string of the molecule is C#CCOC1C[C@@H]2CC[C@@H](C)[C@@](O)(O2)C(=O)C(=O)N2CCCC[C@H]2C(=O)O[C@H]([C@H](C)C[C@@H]2CC[C@@H](O)[C@H](OC)C2)CC(=O)[C@H](C)/C=C(\C)[C@@H](O)[C@@H](OC)C(=O)[C@H](C)C[C@H](C)/C=C/C=C/C=C/1C. The fourth-order valence-electron chi connectivity index (χ4n) is 10.2. The number of nitrogens with zero attached hydrogens (tertiary/aromatic N) is 1. The van der Waals surface area contributed by atoms with Gasteiger partial charge in [0.2, 0.25) is 5.79 Å². The number of cyclic esters (lactones) is 1. The van der Waals surface area contributed by atoms with Crippen molar-refractivity contribution in [2.24, 2.45) is 35.5 Å². The molecule has 4 rings (SSSR count). The van der Waals surface area contributed by atoms with Crippen molar-refractivity contribution >= 4 is 29.2 Å². The molecular weight excluding hydrogens is 859 g/mol. The molecule has 15 atom stereocenters. The van der Waals surface area contributed by atoms with Crippen LogP contribution >= 0.6 is 0 Å². The molecule has 0 aromatic rings. The van der Waals surface area contributed by atoms with Gasteiger partial charge in [-0.15, -0.1) is 6.42 Å². The molecule has 14 heteroatoms. The number of aliphatic hydroxyl groups is 3. The molecule has 3 fully saturated rings. The third-order valence-corrected chi connectivity index (χ3v) is 14.6. The molecule has 3 aliphatic heterocycles. The van der Waals surface area contributed by atoms with E-state index in [2.05, 4.69) is 5.92 Å². The van der Waals surface area contributed by atoms with Crippen molar-refractivity contribution in [1.82, 2.24) is 4.90 Å². The average Bonchev–Trinajstić information content (AvgIpc) is 3.30. The first-order chi connectivity index (χ1) is 31.7. The van der Waals surface area contributed by atoms with E-state index in [1.807, 2.05) is 51.2 Å². The Morgan fingerprint density at radius 2 is 1.64 bits per heavy atom. The molecule has 0 aromatic heterocycles. The number of terminal acetylenes is 1.